The fourth-order valence-corrected chi connectivity index (χ4v) is 4.08. The quantitative estimate of drug-likeness (QED) is 0.140. The lowest BCUT2D eigenvalue weighted by Gasteiger charge is -2.17. The van der Waals surface area contributed by atoms with Crippen molar-refractivity contribution in [3.05, 3.63) is 95.2 Å². The second-order valence-corrected chi connectivity index (χ2v) is 9.51. The van der Waals surface area contributed by atoms with Gasteiger partial charge in [0.25, 0.3) is 0 Å². The summed E-state index contributed by atoms with van der Waals surface area (Å²) >= 11 is 0. The van der Waals surface area contributed by atoms with Crippen LogP contribution in [0.2, 0.25) is 0 Å². The van der Waals surface area contributed by atoms with Gasteiger partial charge in [0.1, 0.15) is 23.8 Å². The van der Waals surface area contributed by atoms with Gasteiger partial charge < -0.3 is 20.5 Å². The van der Waals surface area contributed by atoms with Crippen molar-refractivity contribution in [2.75, 3.05) is 17.7 Å². The first-order valence-corrected chi connectivity index (χ1v) is 13.6. The fourth-order valence-electron chi connectivity index (χ4n) is 4.08. The number of ether oxygens (including phenoxy) is 1. The molecular formula is C30H26F4N8O5. The topological polar surface area (TPSA) is 166 Å². The molecule has 2 aromatic carbocycles. The average molecular weight is 655 g/mol. The van der Waals surface area contributed by atoms with E-state index < -0.39 is 23.7 Å². The standard InChI is InChI=1S/C28H25FN8O3.C2HF3O2/c1-4-23(38)20-15-30-25(33-24-12-13-37(28(39)34-24)18-10-8-17(29)9-11-18)14-22(20)32-21-7-5-6-19(26(21)40-3)27-31-16-36(2)35-27;3-2(4,5)1(6)7/h5-16H,4H2,1-3H3,(H2,30,32,33,34,39);(H,6,7). The van der Waals surface area contributed by atoms with E-state index in [4.69, 9.17) is 14.6 Å². The Morgan fingerprint density at radius 3 is 2.28 bits per heavy atom. The largest absolute Gasteiger partial charge is 0.494 e. The molecule has 3 heterocycles. The second-order valence-electron chi connectivity index (χ2n) is 9.51. The highest BCUT2D eigenvalue weighted by molar-refractivity contribution is 6.02. The monoisotopic (exact) mass is 654 g/mol. The number of hydrogen-bond acceptors (Lipinski definition) is 10. The van der Waals surface area contributed by atoms with Crippen LogP contribution in [0.25, 0.3) is 17.1 Å². The Hall–Kier alpha value is -6.13. The van der Waals surface area contributed by atoms with E-state index in [0.717, 1.165) is 0 Å². The number of aliphatic carboxylic acids is 1. The van der Waals surface area contributed by atoms with Gasteiger partial charge >= 0.3 is 17.8 Å². The van der Waals surface area contributed by atoms with Crippen molar-refractivity contribution in [1.29, 1.82) is 0 Å². The van der Waals surface area contributed by atoms with E-state index in [9.17, 15) is 27.2 Å². The number of benzene rings is 2. The molecule has 0 amide bonds. The van der Waals surface area contributed by atoms with Gasteiger partial charge in [-0.1, -0.05) is 13.0 Å². The van der Waals surface area contributed by atoms with Gasteiger partial charge in [-0.05, 0) is 42.5 Å². The zero-order valence-corrected chi connectivity index (χ0v) is 24.9. The third kappa shape index (κ3) is 8.33. The number of aryl methyl sites for hydroxylation is 1. The number of carboxylic acid groups (broad SMARTS) is 1. The number of carboxylic acids is 1. The first-order chi connectivity index (χ1) is 22.3. The molecule has 0 bridgehead atoms. The van der Waals surface area contributed by atoms with Crippen molar-refractivity contribution in [3.63, 3.8) is 0 Å². The molecule has 3 N–H and O–H groups in total. The number of hydrogen-bond donors (Lipinski definition) is 3. The maximum Gasteiger partial charge on any atom is 0.490 e. The SMILES string of the molecule is CCC(=O)c1cnc(Nc2ccn(-c3ccc(F)cc3)c(=O)n2)cc1Nc1cccc(-c2ncn(C)n2)c1OC.O=C(O)C(F)(F)F. The average Bonchev–Trinajstić information content (AvgIpc) is 3.47. The summed E-state index contributed by atoms with van der Waals surface area (Å²) in [5.41, 5.74) is 2.06. The number of para-hydroxylation sites is 1. The van der Waals surface area contributed by atoms with Crippen LogP contribution in [0.5, 0.6) is 5.75 Å². The van der Waals surface area contributed by atoms with E-state index in [1.54, 1.807) is 44.2 Å². The molecule has 0 aliphatic heterocycles. The number of nitrogens with zero attached hydrogens (tertiary/aromatic N) is 6. The smallest absolute Gasteiger partial charge is 0.490 e. The highest BCUT2D eigenvalue weighted by Crippen LogP contribution is 2.37. The van der Waals surface area contributed by atoms with Crippen LogP contribution in [0.4, 0.5) is 40.6 Å². The molecule has 0 unspecified atom stereocenters. The Morgan fingerprint density at radius 1 is 1.00 bits per heavy atom. The molecule has 5 rings (SSSR count). The van der Waals surface area contributed by atoms with Gasteiger partial charge in [-0.3, -0.25) is 14.0 Å². The number of aromatic nitrogens is 6. The number of anilines is 4. The first-order valence-electron chi connectivity index (χ1n) is 13.6. The van der Waals surface area contributed by atoms with Crippen molar-refractivity contribution in [3.8, 4) is 22.8 Å². The lowest BCUT2D eigenvalue weighted by atomic mass is 10.1. The Balaban J connectivity index is 0.000000644. The Morgan fingerprint density at radius 2 is 1.70 bits per heavy atom. The molecule has 0 radical (unpaired) electrons. The van der Waals surface area contributed by atoms with E-state index in [0.29, 0.717) is 45.6 Å². The summed E-state index contributed by atoms with van der Waals surface area (Å²) in [7, 11) is 3.32. The van der Waals surface area contributed by atoms with Gasteiger partial charge in [-0.2, -0.15) is 23.3 Å². The highest BCUT2D eigenvalue weighted by Gasteiger charge is 2.38. The van der Waals surface area contributed by atoms with Crippen LogP contribution in [0, 0.1) is 5.82 Å². The third-order valence-electron chi connectivity index (χ3n) is 6.26. The van der Waals surface area contributed by atoms with Crippen LogP contribution >= 0.6 is 0 Å². The molecule has 0 saturated heterocycles. The zero-order valence-electron chi connectivity index (χ0n) is 24.9. The summed E-state index contributed by atoms with van der Waals surface area (Å²) < 4.78 is 53.6. The number of halogens is 4. The van der Waals surface area contributed by atoms with Crippen LogP contribution < -0.4 is 21.1 Å². The molecule has 0 saturated carbocycles. The number of alkyl halides is 3. The summed E-state index contributed by atoms with van der Waals surface area (Å²) in [5, 5.41) is 17.8. The molecule has 13 nitrogen and oxygen atoms in total. The van der Waals surface area contributed by atoms with Crippen molar-refractivity contribution in [1.82, 2.24) is 29.3 Å². The Labute approximate surface area is 263 Å². The Kier molecular flexibility index (Phi) is 10.3. The van der Waals surface area contributed by atoms with Gasteiger partial charge in [0, 0.05) is 31.9 Å². The predicted octanol–water partition coefficient (Wildman–Crippen LogP) is 5.28. The van der Waals surface area contributed by atoms with Gasteiger partial charge in [0.05, 0.1) is 35.3 Å². The van der Waals surface area contributed by atoms with Crippen LogP contribution in [-0.2, 0) is 11.8 Å². The number of nitrogens with one attached hydrogen (secondary N) is 2. The lowest BCUT2D eigenvalue weighted by Crippen LogP contribution is -2.21. The van der Waals surface area contributed by atoms with Crippen LogP contribution in [0.15, 0.2) is 78.1 Å². The van der Waals surface area contributed by atoms with Crippen molar-refractivity contribution in [2.45, 2.75) is 19.5 Å². The van der Waals surface area contributed by atoms with Crippen molar-refractivity contribution in [2.24, 2.45) is 7.05 Å². The number of carbonyl (C=O) groups is 2. The summed E-state index contributed by atoms with van der Waals surface area (Å²) in [6.45, 7) is 1.77. The van der Waals surface area contributed by atoms with E-state index in [-0.39, 0.29) is 18.0 Å². The molecule has 0 aliphatic carbocycles. The normalized spacial score (nSPS) is 10.9. The van der Waals surface area contributed by atoms with E-state index >= 15 is 0 Å². The summed E-state index contributed by atoms with van der Waals surface area (Å²) in [6, 6.07) is 14.2. The van der Waals surface area contributed by atoms with E-state index in [1.165, 1.54) is 41.2 Å². The van der Waals surface area contributed by atoms with Gasteiger partial charge in [-0.15, -0.1) is 0 Å². The lowest BCUT2D eigenvalue weighted by molar-refractivity contribution is -0.192. The van der Waals surface area contributed by atoms with Gasteiger partial charge in [-0.25, -0.2) is 23.9 Å². The van der Waals surface area contributed by atoms with Crippen LogP contribution in [-0.4, -0.2) is 59.4 Å². The van der Waals surface area contributed by atoms with E-state index in [2.05, 4.69) is 30.7 Å². The molecular weight excluding hydrogens is 628 g/mol. The fraction of sp³-hybridized carbons (Fsp3) is 0.167. The summed E-state index contributed by atoms with van der Waals surface area (Å²) in [4.78, 5) is 47.0. The highest BCUT2D eigenvalue weighted by atomic mass is 19.4. The minimum absolute atomic E-state index is 0.108. The molecule has 17 heteroatoms. The second kappa shape index (κ2) is 14.3. The summed E-state index contributed by atoms with van der Waals surface area (Å²) in [5.74, 6) is -1.68. The number of carbonyl (C=O) groups excluding carboxylic acids is 1. The molecule has 0 aliphatic rings. The third-order valence-corrected chi connectivity index (χ3v) is 6.26. The molecule has 5 aromatic rings. The number of rotatable bonds is 9. The molecule has 47 heavy (non-hydrogen) atoms. The first kappa shape index (κ1) is 33.8. The number of ketones is 1. The van der Waals surface area contributed by atoms with Crippen LogP contribution in [0.3, 0.4) is 0 Å². The predicted molar refractivity (Wildman–Crippen MR) is 162 cm³/mol. The molecule has 244 valence electrons. The van der Waals surface area contributed by atoms with Gasteiger partial charge in [0.2, 0.25) is 0 Å². The number of methoxy groups -OCH3 is 1. The Bertz CT molecular complexity index is 1960. The van der Waals surface area contributed by atoms with Crippen molar-refractivity contribution < 1.29 is 37.0 Å². The minimum atomic E-state index is -5.08. The molecule has 0 spiro atoms. The summed E-state index contributed by atoms with van der Waals surface area (Å²) in [6.07, 6.45) is -0.213. The number of Topliss-reactive ketones (excluding diaryl/α,β-unsaturated/α-hetero) is 1. The molecule has 3 aromatic heterocycles. The van der Waals surface area contributed by atoms with Gasteiger partial charge in [0.15, 0.2) is 17.4 Å². The van der Waals surface area contributed by atoms with Crippen molar-refractivity contribution >= 4 is 34.8 Å². The minimum Gasteiger partial charge on any atom is -0.494 e. The van der Waals surface area contributed by atoms with Crippen LogP contribution in [0.1, 0.15) is 23.7 Å². The maximum absolute atomic E-state index is 13.3. The molecule has 0 atom stereocenters. The maximum atomic E-state index is 13.3. The van der Waals surface area contributed by atoms with E-state index in [1.807, 2.05) is 18.2 Å². The molecule has 0 fully saturated rings. The zero-order chi connectivity index (χ0) is 34.3. The number of pyridine rings is 1.